The zero-order valence-electron chi connectivity index (χ0n) is 1.77. The molecule has 0 aliphatic carbocycles. The van der Waals surface area contributed by atoms with Crippen molar-refractivity contribution in [2.45, 2.75) is 0 Å². The average Bonchev–Trinajstić information content (AvgIpc) is 0. The molecule has 0 rings (SSSR count). The van der Waals surface area contributed by atoms with Crippen molar-refractivity contribution in [1.29, 1.82) is 0 Å². The second-order valence-electron chi connectivity index (χ2n) is 0. The molecular formula is Fe3Ru2. The van der Waals surface area contributed by atoms with E-state index in [0.29, 0.717) is 0 Å². The van der Waals surface area contributed by atoms with E-state index < -0.39 is 0 Å². The van der Waals surface area contributed by atoms with Gasteiger partial charge >= 0.3 is 0 Å². The molecule has 0 radical (unpaired) electrons. The molecule has 0 aliphatic heterocycles. The summed E-state index contributed by atoms with van der Waals surface area (Å²) in [6, 6.07) is 0. The first kappa shape index (κ1) is 45.9. The maximum atomic E-state index is 0. The molecule has 0 N–H and O–H groups in total. The Balaban J connectivity index is 0. The van der Waals surface area contributed by atoms with Crippen LogP contribution in [0.15, 0.2) is 0 Å². The number of hydrogen-bond donors (Lipinski definition) is 0. The molecule has 0 fully saturated rings. The van der Waals surface area contributed by atoms with Gasteiger partial charge in [-0.15, -0.1) is 0 Å². The van der Waals surface area contributed by atoms with Crippen LogP contribution in [0, 0.1) is 0 Å². The number of hydrogen-bond acceptors (Lipinski definition) is 0. The third-order valence-corrected chi connectivity index (χ3v) is 0. The SMILES string of the molecule is [Fe].[Fe].[Fe].[Ru].[Ru]. The Hall–Kier alpha value is 2.81. The summed E-state index contributed by atoms with van der Waals surface area (Å²) in [5.74, 6) is 0. The molecule has 0 aromatic carbocycles. The molecule has 40 valence electrons. The second-order valence-corrected chi connectivity index (χ2v) is 0. The van der Waals surface area contributed by atoms with Crippen LogP contribution in [0.2, 0.25) is 0 Å². The van der Waals surface area contributed by atoms with Crippen LogP contribution in [0.25, 0.3) is 0 Å². The minimum atomic E-state index is 0. The zero-order chi connectivity index (χ0) is 0. The first-order valence-corrected chi connectivity index (χ1v) is 0. The van der Waals surface area contributed by atoms with E-state index in [-0.39, 0.29) is 90.2 Å². The summed E-state index contributed by atoms with van der Waals surface area (Å²) in [4.78, 5) is 0. The van der Waals surface area contributed by atoms with Gasteiger partial charge in [0.05, 0.1) is 0 Å². The van der Waals surface area contributed by atoms with E-state index in [0.717, 1.165) is 0 Å². The maximum absolute atomic E-state index is 0. The van der Waals surface area contributed by atoms with E-state index in [4.69, 9.17) is 0 Å². The summed E-state index contributed by atoms with van der Waals surface area (Å²) in [6.45, 7) is 0. The topological polar surface area (TPSA) is 0 Å². The van der Waals surface area contributed by atoms with Gasteiger partial charge in [-0.05, 0) is 0 Å². The second kappa shape index (κ2) is 29.1. The molecule has 5 heteroatoms. The van der Waals surface area contributed by atoms with Gasteiger partial charge in [0.1, 0.15) is 0 Å². The summed E-state index contributed by atoms with van der Waals surface area (Å²) in [5.41, 5.74) is 0. The first-order chi connectivity index (χ1) is 0. The summed E-state index contributed by atoms with van der Waals surface area (Å²) in [5, 5.41) is 0. The van der Waals surface area contributed by atoms with Crippen LogP contribution in [0.4, 0.5) is 0 Å². The molecule has 0 atom stereocenters. The summed E-state index contributed by atoms with van der Waals surface area (Å²) >= 11 is 0. The van der Waals surface area contributed by atoms with E-state index >= 15 is 0 Å². The molecule has 0 heterocycles. The maximum Gasteiger partial charge on any atom is 0 e. The Kier molecular flexibility index (Phi) is 268. The van der Waals surface area contributed by atoms with Crippen molar-refractivity contribution >= 4 is 0 Å². The van der Waals surface area contributed by atoms with Crippen LogP contribution in [0.3, 0.4) is 0 Å². The van der Waals surface area contributed by atoms with Crippen molar-refractivity contribution in [2.24, 2.45) is 0 Å². The molecule has 0 amide bonds. The normalized spacial score (nSPS) is 0. The third-order valence-electron chi connectivity index (χ3n) is 0. The minimum absolute atomic E-state index is 0. The largest absolute Gasteiger partial charge is 0 e. The minimum Gasteiger partial charge on any atom is 0 e. The Bertz CT molecular complexity index is 4.85. The Morgan fingerprint density at radius 3 is 0.400 bits per heavy atom. The van der Waals surface area contributed by atoms with Crippen molar-refractivity contribution in [3.63, 3.8) is 0 Å². The Labute approximate surface area is 88.9 Å². The van der Waals surface area contributed by atoms with Crippen LogP contribution in [-0.2, 0) is 90.2 Å². The van der Waals surface area contributed by atoms with Gasteiger partial charge in [-0.1, -0.05) is 0 Å². The van der Waals surface area contributed by atoms with E-state index in [1.165, 1.54) is 0 Å². The predicted molar refractivity (Wildman–Crippen MR) is 0 cm³/mol. The average molecular weight is 370 g/mol. The Morgan fingerprint density at radius 2 is 0.400 bits per heavy atom. The molecule has 0 aliphatic rings. The van der Waals surface area contributed by atoms with Crippen molar-refractivity contribution in [2.75, 3.05) is 0 Å². The molecule has 0 nitrogen and oxygen atoms in total. The van der Waals surface area contributed by atoms with Gasteiger partial charge < -0.3 is 0 Å². The van der Waals surface area contributed by atoms with Gasteiger partial charge in [-0.3, -0.25) is 0 Å². The molecule has 0 unspecified atom stereocenters. The fourth-order valence-corrected chi connectivity index (χ4v) is 0. The van der Waals surface area contributed by atoms with Crippen molar-refractivity contribution in [3.8, 4) is 0 Å². The first-order valence-electron chi connectivity index (χ1n) is 0. The smallest absolute Gasteiger partial charge is 0 e. The molecule has 0 aromatic heterocycles. The molecule has 0 aromatic rings. The van der Waals surface area contributed by atoms with Gasteiger partial charge in [0.25, 0.3) is 0 Å². The summed E-state index contributed by atoms with van der Waals surface area (Å²) < 4.78 is 0. The molecule has 0 spiro atoms. The van der Waals surface area contributed by atoms with Gasteiger partial charge in [0.2, 0.25) is 0 Å². The van der Waals surface area contributed by atoms with E-state index in [2.05, 4.69) is 0 Å². The van der Waals surface area contributed by atoms with Crippen LogP contribution >= 0.6 is 0 Å². The fourth-order valence-electron chi connectivity index (χ4n) is 0. The molecule has 0 saturated carbocycles. The van der Waals surface area contributed by atoms with Crippen LogP contribution in [-0.4, -0.2) is 0 Å². The van der Waals surface area contributed by atoms with E-state index in [9.17, 15) is 0 Å². The van der Waals surface area contributed by atoms with Crippen LogP contribution in [0.5, 0.6) is 0 Å². The van der Waals surface area contributed by atoms with Crippen molar-refractivity contribution < 1.29 is 90.2 Å². The van der Waals surface area contributed by atoms with Crippen LogP contribution < -0.4 is 0 Å². The molecule has 0 saturated heterocycles. The standard InChI is InChI=1S/3Fe.2Ru. The Morgan fingerprint density at radius 1 is 0.400 bits per heavy atom. The fraction of sp³-hybridized carbons (Fsp3) is 0. The van der Waals surface area contributed by atoms with Crippen molar-refractivity contribution in [1.82, 2.24) is 0 Å². The molecule has 5 heavy (non-hydrogen) atoms. The van der Waals surface area contributed by atoms with Gasteiger partial charge in [-0.2, -0.15) is 0 Å². The zero-order valence-corrected chi connectivity index (χ0v) is 8.56. The summed E-state index contributed by atoms with van der Waals surface area (Å²) in [7, 11) is 0. The molecule has 0 bridgehead atoms. The number of rotatable bonds is 0. The quantitative estimate of drug-likeness (QED) is 0.527. The summed E-state index contributed by atoms with van der Waals surface area (Å²) in [6.07, 6.45) is 0. The molecular weight excluding hydrogens is 370 g/mol. The van der Waals surface area contributed by atoms with Gasteiger partial charge in [0.15, 0.2) is 0 Å². The van der Waals surface area contributed by atoms with Crippen LogP contribution in [0.1, 0.15) is 0 Å². The van der Waals surface area contributed by atoms with E-state index in [1.54, 1.807) is 0 Å². The van der Waals surface area contributed by atoms with Crippen molar-refractivity contribution in [3.05, 3.63) is 0 Å². The third kappa shape index (κ3) is 20.0. The van der Waals surface area contributed by atoms with E-state index in [1.807, 2.05) is 0 Å². The predicted octanol–water partition coefficient (Wildman–Crippen LogP) is -0.0125. The van der Waals surface area contributed by atoms with Gasteiger partial charge in [0, 0.05) is 90.2 Å². The monoisotopic (exact) mass is 372 g/mol. The van der Waals surface area contributed by atoms with Gasteiger partial charge in [-0.25, -0.2) is 0 Å².